The maximum atomic E-state index is 12.5. The van der Waals surface area contributed by atoms with Crippen LogP contribution in [0.2, 0.25) is 5.02 Å². The minimum absolute atomic E-state index is 0.0372. The molecule has 2 aromatic rings. The number of rotatable bonds is 6. The Hall–Kier alpha value is -2.22. The molecule has 150 valence electrons. The molecule has 8 heteroatoms. The van der Waals surface area contributed by atoms with Crippen molar-refractivity contribution < 1.29 is 14.3 Å². The SMILES string of the molecule is Cc1cnc(CC(=O)Nc2cc(Cl)c(C)cc2OCC2CNCCCO2)cn1. The van der Waals surface area contributed by atoms with Crippen molar-refractivity contribution in [2.24, 2.45) is 0 Å². The monoisotopic (exact) mass is 404 g/mol. The lowest BCUT2D eigenvalue weighted by Gasteiger charge is -2.19. The highest BCUT2D eigenvalue weighted by molar-refractivity contribution is 6.31. The molecule has 7 nitrogen and oxygen atoms in total. The van der Waals surface area contributed by atoms with Crippen LogP contribution < -0.4 is 15.4 Å². The van der Waals surface area contributed by atoms with Gasteiger partial charge in [-0.15, -0.1) is 0 Å². The number of nitrogens with zero attached hydrogens (tertiary/aromatic N) is 2. The van der Waals surface area contributed by atoms with Crippen LogP contribution in [0, 0.1) is 13.8 Å². The first-order valence-corrected chi connectivity index (χ1v) is 9.71. The summed E-state index contributed by atoms with van der Waals surface area (Å²) in [5, 5.41) is 6.75. The van der Waals surface area contributed by atoms with E-state index in [0.717, 1.165) is 30.8 Å². The van der Waals surface area contributed by atoms with Gasteiger partial charge in [0.15, 0.2) is 0 Å². The van der Waals surface area contributed by atoms with E-state index in [1.54, 1.807) is 18.5 Å². The lowest BCUT2D eigenvalue weighted by molar-refractivity contribution is -0.115. The molecule has 2 heterocycles. The van der Waals surface area contributed by atoms with Gasteiger partial charge in [-0.2, -0.15) is 0 Å². The average molecular weight is 405 g/mol. The second kappa shape index (κ2) is 9.82. The maximum Gasteiger partial charge on any atom is 0.230 e. The third-order valence-corrected chi connectivity index (χ3v) is 4.77. The van der Waals surface area contributed by atoms with Gasteiger partial charge in [-0.3, -0.25) is 14.8 Å². The number of ether oxygens (including phenoxy) is 2. The summed E-state index contributed by atoms with van der Waals surface area (Å²) in [4.78, 5) is 20.8. The van der Waals surface area contributed by atoms with Crippen molar-refractivity contribution in [3.05, 3.63) is 46.5 Å². The molecule has 2 N–H and O–H groups in total. The largest absolute Gasteiger partial charge is 0.489 e. The molecule has 1 saturated heterocycles. The summed E-state index contributed by atoms with van der Waals surface area (Å²) in [5.41, 5.74) is 2.81. The fourth-order valence-electron chi connectivity index (χ4n) is 2.80. The number of hydrogen-bond acceptors (Lipinski definition) is 6. The van der Waals surface area contributed by atoms with E-state index in [2.05, 4.69) is 20.6 Å². The van der Waals surface area contributed by atoms with E-state index in [4.69, 9.17) is 21.1 Å². The predicted molar refractivity (Wildman–Crippen MR) is 108 cm³/mol. The molecule has 1 aromatic heterocycles. The third kappa shape index (κ3) is 5.89. The van der Waals surface area contributed by atoms with Crippen molar-refractivity contribution in [1.82, 2.24) is 15.3 Å². The van der Waals surface area contributed by atoms with E-state index in [0.29, 0.717) is 35.4 Å². The van der Waals surface area contributed by atoms with Gasteiger partial charge in [0.05, 0.1) is 23.5 Å². The van der Waals surface area contributed by atoms with E-state index in [-0.39, 0.29) is 18.4 Å². The van der Waals surface area contributed by atoms with E-state index in [1.807, 2.05) is 19.9 Å². The number of hydrogen-bond donors (Lipinski definition) is 2. The zero-order valence-corrected chi connectivity index (χ0v) is 16.9. The van der Waals surface area contributed by atoms with Gasteiger partial charge in [0.1, 0.15) is 18.5 Å². The third-order valence-electron chi connectivity index (χ3n) is 4.36. The van der Waals surface area contributed by atoms with Gasteiger partial charge in [-0.05, 0) is 44.5 Å². The highest BCUT2D eigenvalue weighted by atomic mass is 35.5. The van der Waals surface area contributed by atoms with Crippen molar-refractivity contribution >= 4 is 23.2 Å². The average Bonchev–Trinajstić information content (AvgIpc) is 2.94. The fourth-order valence-corrected chi connectivity index (χ4v) is 2.96. The van der Waals surface area contributed by atoms with Crippen LogP contribution in [0.4, 0.5) is 5.69 Å². The maximum absolute atomic E-state index is 12.5. The Bertz CT molecular complexity index is 806. The van der Waals surface area contributed by atoms with Gasteiger partial charge >= 0.3 is 0 Å². The number of aryl methyl sites for hydroxylation is 2. The molecule has 3 rings (SSSR count). The Kier molecular flexibility index (Phi) is 7.19. The molecule has 1 aromatic carbocycles. The molecule has 28 heavy (non-hydrogen) atoms. The van der Waals surface area contributed by atoms with Crippen LogP contribution in [0.1, 0.15) is 23.4 Å². The van der Waals surface area contributed by atoms with Crippen LogP contribution in [0.25, 0.3) is 0 Å². The number of anilines is 1. The highest BCUT2D eigenvalue weighted by Crippen LogP contribution is 2.31. The summed E-state index contributed by atoms with van der Waals surface area (Å²) < 4.78 is 11.7. The van der Waals surface area contributed by atoms with Crippen LogP contribution in [-0.4, -0.2) is 48.3 Å². The molecule has 1 atom stereocenters. The molecule has 1 fully saturated rings. The number of benzene rings is 1. The molecule has 0 bridgehead atoms. The van der Waals surface area contributed by atoms with Crippen molar-refractivity contribution in [3.63, 3.8) is 0 Å². The topological polar surface area (TPSA) is 85.4 Å². The highest BCUT2D eigenvalue weighted by Gasteiger charge is 2.16. The van der Waals surface area contributed by atoms with Gasteiger partial charge in [0.2, 0.25) is 5.91 Å². The minimum Gasteiger partial charge on any atom is -0.489 e. The molecular formula is C20H25ClN4O3. The summed E-state index contributed by atoms with van der Waals surface area (Å²) in [6, 6.07) is 3.53. The lowest BCUT2D eigenvalue weighted by Crippen LogP contribution is -2.31. The van der Waals surface area contributed by atoms with Crippen molar-refractivity contribution in [2.45, 2.75) is 32.8 Å². The number of aromatic nitrogens is 2. The summed E-state index contributed by atoms with van der Waals surface area (Å²) in [7, 11) is 0. The number of carbonyl (C=O) groups excluding carboxylic acids is 1. The van der Waals surface area contributed by atoms with Crippen molar-refractivity contribution in [3.8, 4) is 5.75 Å². The first-order chi connectivity index (χ1) is 13.5. The molecule has 0 aliphatic carbocycles. The van der Waals surface area contributed by atoms with E-state index in [9.17, 15) is 4.79 Å². The molecule has 1 unspecified atom stereocenters. The Morgan fingerprint density at radius 2 is 2.21 bits per heavy atom. The fraction of sp³-hybridized carbons (Fsp3) is 0.450. The number of nitrogens with one attached hydrogen (secondary N) is 2. The minimum atomic E-state index is -0.213. The van der Waals surface area contributed by atoms with Crippen LogP contribution in [0.15, 0.2) is 24.5 Å². The second-order valence-electron chi connectivity index (χ2n) is 6.83. The van der Waals surface area contributed by atoms with Crippen LogP contribution in [0.3, 0.4) is 0 Å². The smallest absolute Gasteiger partial charge is 0.230 e. The van der Waals surface area contributed by atoms with Crippen LogP contribution >= 0.6 is 11.6 Å². The molecule has 1 aliphatic heterocycles. The van der Waals surface area contributed by atoms with Crippen molar-refractivity contribution in [1.29, 1.82) is 0 Å². The number of amides is 1. The predicted octanol–water partition coefficient (Wildman–Crippen LogP) is 2.69. The summed E-state index contributed by atoms with van der Waals surface area (Å²) in [6.07, 6.45) is 4.31. The molecule has 1 amide bonds. The zero-order valence-electron chi connectivity index (χ0n) is 16.1. The Morgan fingerprint density at radius 1 is 1.36 bits per heavy atom. The van der Waals surface area contributed by atoms with Crippen LogP contribution in [0.5, 0.6) is 5.75 Å². The van der Waals surface area contributed by atoms with Crippen LogP contribution in [-0.2, 0) is 16.0 Å². The quantitative estimate of drug-likeness (QED) is 0.769. The number of carbonyl (C=O) groups is 1. The summed E-state index contributed by atoms with van der Waals surface area (Å²) in [6.45, 7) is 6.52. The normalized spacial score (nSPS) is 17.0. The number of halogens is 1. The van der Waals surface area contributed by atoms with Gasteiger partial charge in [-0.1, -0.05) is 11.6 Å². The summed E-state index contributed by atoms with van der Waals surface area (Å²) >= 11 is 6.25. The lowest BCUT2D eigenvalue weighted by atomic mass is 10.2. The van der Waals surface area contributed by atoms with Gasteiger partial charge < -0.3 is 20.1 Å². The molecule has 0 saturated carbocycles. The molecule has 0 radical (unpaired) electrons. The summed E-state index contributed by atoms with van der Waals surface area (Å²) in [5.74, 6) is 0.355. The van der Waals surface area contributed by atoms with E-state index in [1.165, 1.54) is 0 Å². The molecular weight excluding hydrogens is 380 g/mol. The van der Waals surface area contributed by atoms with Gasteiger partial charge in [0.25, 0.3) is 0 Å². The van der Waals surface area contributed by atoms with E-state index < -0.39 is 0 Å². The zero-order chi connectivity index (χ0) is 19.9. The Labute approximate surface area is 169 Å². The van der Waals surface area contributed by atoms with E-state index >= 15 is 0 Å². The Morgan fingerprint density at radius 3 is 3.00 bits per heavy atom. The van der Waals surface area contributed by atoms with Gasteiger partial charge in [-0.25, -0.2) is 0 Å². The first-order valence-electron chi connectivity index (χ1n) is 9.34. The van der Waals surface area contributed by atoms with Crippen molar-refractivity contribution in [2.75, 3.05) is 31.6 Å². The standard InChI is InChI=1S/C20H25ClN4O3/c1-13-6-19(28-12-16-11-22-4-3-5-27-16)18(8-17(13)21)25-20(26)7-15-10-23-14(2)9-24-15/h6,8-10,16,22H,3-5,7,11-12H2,1-2H3,(H,25,26). The molecule has 0 spiro atoms. The Balaban J connectivity index is 1.67. The first kappa shape index (κ1) is 20.5. The second-order valence-corrected chi connectivity index (χ2v) is 7.24. The molecule has 1 aliphatic rings. The van der Waals surface area contributed by atoms with Gasteiger partial charge in [0, 0.05) is 30.6 Å².